The molecule has 2 aromatic rings. The smallest absolute Gasteiger partial charge is 0.244 e. The molecule has 3 rings (SSSR count). The molecule has 1 aliphatic rings. The molecule has 1 amide bonds. The summed E-state index contributed by atoms with van der Waals surface area (Å²) in [7, 11) is 0. The first kappa shape index (κ1) is 17.5. The molecule has 1 aromatic heterocycles. The molecule has 5 nitrogen and oxygen atoms in total. The highest BCUT2D eigenvalue weighted by Gasteiger charge is 2.21. The van der Waals surface area contributed by atoms with Crippen molar-refractivity contribution in [1.29, 1.82) is 0 Å². The minimum absolute atomic E-state index is 0.0289. The molecule has 0 radical (unpaired) electrons. The van der Waals surface area contributed by atoms with Crippen molar-refractivity contribution < 1.29 is 4.79 Å². The number of hydrogen-bond donors (Lipinski definition) is 2. The van der Waals surface area contributed by atoms with Crippen molar-refractivity contribution in [1.82, 2.24) is 9.78 Å². The lowest BCUT2D eigenvalue weighted by atomic mass is 9.86. The molecule has 1 heterocycles. The Morgan fingerprint density at radius 1 is 1.20 bits per heavy atom. The second kappa shape index (κ2) is 7.30. The van der Waals surface area contributed by atoms with Gasteiger partial charge in [-0.1, -0.05) is 51.8 Å². The van der Waals surface area contributed by atoms with Crippen LogP contribution in [0.5, 0.6) is 0 Å². The third kappa shape index (κ3) is 4.21. The third-order valence-corrected chi connectivity index (χ3v) is 4.78. The van der Waals surface area contributed by atoms with Crippen LogP contribution in [-0.2, 0) is 10.2 Å². The van der Waals surface area contributed by atoms with Gasteiger partial charge in [-0.2, -0.15) is 5.10 Å². The zero-order valence-corrected chi connectivity index (χ0v) is 15.4. The van der Waals surface area contributed by atoms with Gasteiger partial charge >= 0.3 is 0 Å². The van der Waals surface area contributed by atoms with Gasteiger partial charge in [0.15, 0.2) is 0 Å². The van der Waals surface area contributed by atoms with Gasteiger partial charge in [0.05, 0.1) is 18.8 Å². The average Bonchev–Trinajstić information content (AvgIpc) is 3.23. The molecule has 0 saturated heterocycles. The van der Waals surface area contributed by atoms with Crippen LogP contribution in [0.3, 0.4) is 0 Å². The number of hydrogen-bond acceptors (Lipinski definition) is 3. The maximum Gasteiger partial charge on any atom is 0.244 e. The van der Waals surface area contributed by atoms with Gasteiger partial charge < -0.3 is 10.6 Å². The van der Waals surface area contributed by atoms with Crippen molar-refractivity contribution in [2.75, 3.05) is 17.2 Å². The quantitative estimate of drug-likeness (QED) is 0.851. The second-order valence-electron chi connectivity index (χ2n) is 7.80. The summed E-state index contributed by atoms with van der Waals surface area (Å²) in [5.41, 5.74) is 2.24. The lowest BCUT2D eigenvalue weighted by Crippen LogP contribution is -2.25. The molecular formula is C20H28N4O. The first-order valence-electron chi connectivity index (χ1n) is 9.12. The predicted molar refractivity (Wildman–Crippen MR) is 102 cm³/mol. The number of carbonyl (C=O) groups is 1. The number of amides is 1. The van der Waals surface area contributed by atoms with E-state index in [1.165, 1.54) is 18.4 Å². The molecular weight excluding hydrogens is 312 g/mol. The maximum atomic E-state index is 12.4. The Hall–Kier alpha value is -2.30. The minimum Gasteiger partial charge on any atom is -0.376 e. The highest BCUT2D eigenvalue weighted by molar-refractivity contribution is 5.93. The summed E-state index contributed by atoms with van der Waals surface area (Å²) in [4.78, 5) is 12.4. The number of para-hydroxylation sites is 1. The van der Waals surface area contributed by atoms with E-state index in [1.54, 1.807) is 6.20 Å². The van der Waals surface area contributed by atoms with E-state index in [-0.39, 0.29) is 17.9 Å². The van der Waals surface area contributed by atoms with Gasteiger partial charge in [-0.3, -0.25) is 4.79 Å². The number of anilines is 2. The highest BCUT2D eigenvalue weighted by Crippen LogP contribution is 2.31. The molecule has 0 aliphatic heterocycles. The Morgan fingerprint density at radius 2 is 1.92 bits per heavy atom. The van der Waals surface area contributed by atoms with Crippen LogP contribution in [0.4, 0.5) is 11.5 Å². The first-order valence-corrected chi connectivity index (χ1v) is 9.12. The average molecular weight is 340 g/mol. The van der Waals surface area contributed by atoms with Crippen molar-refractivity contribution in [3.63, 3.8) is 0 Å². The van der Waals surface area contributed by atoms with E-state index in [4.69, 9.17) is 0 Å². The molecule has 5 heteroatoms. The number of carbonyl (C=O) groups excluding carboxylic acids is 1. The molecule has 1 aliphatic carbocycles. The van der Waals surface area contributed by atoms with E-state index in [9.17, 15) is 4.79 Å². The third-order valence-electron chi connectivity index (χ3n) is 4.78. The summed E-state index contributed by atoms with van der Waals surface area (Å²) in [5, 5.41) is 10.7. The second-order valence-corrected chi connectivity index (χ2v) is 7.80. The number of nitrogens with one attached hydrogen (secondary N) is 2. The van der Waals surface area contributed by atoms with Crippen molar-refractivity contribution >= 4 is 17.4 Å². The van der Waals surface area contributed by atoms with E-state index in [2.05, 4.69) is 42.6 Å². The Kier molecular flexibility index (Phi) is 5.11. The van der Waals surface area contributed by atoms with Gasteiger partial charge in [-0.05, 0) is 29.9 Å². The summed E-state index contributed by atoms with van der Waals surface area (Å²) in [6.45, 7) is 6.76. The maximum absolute atomic E-state index is 12.4. The minimum atomic E-state index is -0.0524. The molecule has 0 spiro atoms. The van der Waals surface area contributed by atoms with E-state index in [0.29, 0.717) is 6.04 Å². The molecule has 2 N–H and O–H groups in total. The van der Waals surface area contributed by atoms with Crippen LogP contribution >= 0.6 is 0 Å². The number of benzene rings is 1. The lowest BCUT2D eigenvalue weighted by Gasteiger charge is -2.23. The zero-order chi connectivity index (χ0) is 17.9. The Balaban J connectivity index is 1.62. The van der Waals surface area contributed by atoms with Crippen molar-refractivity contribution in [2.24, 2.45) is 0 Å². The van der Waals surface area contributed by atoms with Gasteiger partial charge in [0.25, 0.3) is 0 Å². The van der Waals surface area contributed by atoms with Gasteiger partial charge in [-0.25, -0.2) is 4.68 Å². The molecule has 1 fully saturated rings. The number of aromatic nitrogens is 2. The van der Waals surface area contributed by atoms with E-state index in [1.807, 2.05) is 28.9 Å². The normalized spacial score (nSPS) is 15.3. The largest absolute Gasteiger partial charge is 0.376 e. The fourth-order valence-electron chi connectivity index (χ4n) is 3.51. The van der Waals surface area contributed by atoms with Crippen LogP contribution in [0.15, 0.2) is 36.5 Å². The van der Waals surface area contributed by atoms with Gasteiger partial charge in [0.2, 0.25) is 5.91 Å². The zero-order valence-electron chi connectivity index (χ0n) is 15.4. The summed E-state index contributed by atoms with van der Waals surface area (Å²) >= 11 is 0. The van der Waals surface area contributed by atoms with Gasteiger partial charge in [0.1, 0.15) is 5.82 Å². The SMILES string of the molecule is CC(C)(C)c1ccccc1NCC(=O)Nc1ccnn1C1CCCC1. The summed E-state index contributed by atoms with van der Waals surface area (Å²) in [6.07, 6.45) is 6.52. The van der Waals surface area contributed by atoms with Crippen LogP contribution < -0.4 is 10.6 Å². The van der Waals surface area contributed by atoms with E-state index in [0.717, 1.165) is 24.3 Å². The fraction of sp³-hybridized carbons (Fsp3) is 0.500. The van der Waals surface area contributed by atoms with Gasteiger partial charge in [-0.15, -0.1) is 0 Å². The Bertz CT molecular complexity index is 723. The van der Waals surface area contributed by atoms with Crippen molar-refractivity contribution in [2.45, 2.75) is 57.9 Å². The number of nitrogens with zero attached hydrogens (tertiary/aromatic N) is 2. The van der Waals surface area contributed by atoms with Crippen LogP contribution in [0.1, 0.15) is 58.1 Å². The predicted octanol–water partition coefficient (Wildman–Crippen LogP) is 4.35. The monoisotopic (exact) mass is 340 g/mol. The van der Waals surface area contributed by atoms with Crippen molar-refractivity contribution in [3.8, 4) is 0 Å². The molecule has 0 atom stereocenters. The van der Waals surface area contributed by atoms with Crippen LogP contribution in [0, 0.1) is 0 Å². The molecule has 134 valence electrons. The molecule has 1 saturated carbocycles. The van der Waals surface area contributed by atoms with Crippen molar-refractivity contribution in [3.05, 3.63) is 42.1 Å². The Labute approximate surface area is 149 Å². The molecule has 1 aromatic carbocycles. The summed E-state index contributed by atoms with van der Waals surface area (Å²) in [5.74, 6) is 0.742. The highest BCUT2D eigenvalue weighted by atomic mass is 16.2. The molecule has 0 unspecified atom stereocenters. The molecule has 0 bridgehead atoms. The molecule has 25 heavy (non-hydrogen) atoms. The van der Waals surface area contributed by atoms with E-state index < -0.39 is 0 Å². The summed E-state index contributed by atoms with van der Waals surface area (Å²) in [6, 6.07) is 10.4. The number of rotatable bonds is 5. The standard InChI is InChI=1S/C20H28N4O/c1-20(2,3)16-10-6-7-11-17(16)21-14-19(25)23-18-12-13-22-24(18)15-8-4-5-9-15/h6-7,10-13,15,21H,4-5,8-9,14H2,1-3H3,(H,23,25). The van der Waals surface area contributed by atoms with Crippen LogP contribution in [0.2, 0.25) is 0 Å². The fourth-order valence-corrected chi connectivity index (χ4v) is 3.51. The van der Waals surface area contributed by atoms with Crippen LogP contribution in [0.25, 0.3) is 0 Å². The van der Waals surface area contributed by atoms with Gasteiger partial charge in [0, 0.05) is 11.8 Å². The first-order chi connectivity index (χ1) is 11.9. The topological polar surface area (TPSA) is 59.0 Å². The van der Waals surface area contributed by atoms with Crippen LogP contribution in [-0.4, -0.2) is 22.2 Å². The Morgan fingerprint density at radius 3 is 2.64 bits per heavy atom. The lowest BCUT2D eigenvalue weighted by molar-refractivity contribution is -0.114. The summed E-state index contributed by atoms with van der Waals surface area (Å²) < 4.78 is 1.97. The van der Waals surface area contributed by atoms with E-state index >= 15 is 0 Å².